The number of ether oxygens (including phenoxy) is 1. The van der Waals surface area contributed by atoms with Gasteiger partial charge in [0.15, 0.2) is 5.17 Å². The Morgan fingerprint density at radius 3 is 2.65 bits per heavy atom. The molecule has 4 rings (SSSR count). The van der Waals surface area contributed by atoms with Crippen LogP contribution in [0.4, 0.5) is 11.4 Å². The van der Waals surface area contributed by atoms with Crippen LogP contribution in [0.2, 0.25) is 0 Å². The number of nitro benzene ring substituents is 1. The Morgan fingerprint density at radius 2 is 1.97 bits per heavy atom. The number of amides is 1. The number of hydrogen-bond donors (Lipinski definition) is 1. The van der Waals surface area contributed by atoms with Crippen LogP contribution in [0, 0.1) is 10.1 Å². The highest BCUT2D eigenvalue weighted by molar-refractivity contribution is 9.10. The zero-order chi connectivity index (χ0) is 22.0. The molecule has 0 bridgehead atoms. The summed E-state index contributed by atoms with van der Waals surface area (Å²) in [5, 5.41) is 14.1. The van der Waals surface area contributed by atoms with Crippen molar-refractivity contribution in [2.75, 3.05) is 7.11 Å². The first-order valence-electron chi connectivity index (χ1n) is 8.91. The van der Waals surface area contributed by atoms with Crippen LogP contribution in [0.1, 0.15) is 5.76 Å². The predicted molar refractivity (Wildman–Crippen MR) is 122 cm³/mol. The highest BCUT2D eigenvalue weighted by atomic mass is 79.9. The molecule has 1 saturated heterocycles. The number of aliphatic imine (C=N–C) groups is 1. The molecular weight excluding hydrogens is 486 g/mol. The zero-order valence-electron chi connectivity index (χ0n) is 16.0. The lowest BCUT2D eigenvalue weighted by atomic mass is 10.1. The number of nitro groups is 1. The maximum atomic E-state index is 12.3. The van der Waals surface area contributed by atoms with Gasteiger partial charge in [-0.15, -0.1) is 0 Å². The molecule has 2 heterocycles. The Balaban J connectivity index is 1.53. The second kappa shape index (κ2) is 8.78. The zero-order valence-corrected chi connectivity index (χ0v) is 18.4. The number of nitrogens with zero attached hydrogens (tertiary/aromatic N) is 2. The molecule has 0 radical (unpaired) electrons. The topological polar surface area (TPSA) is 107 Å². The van der Waals surface area contributed by atoms with Crippen LogP contribution in [0.25, 0.3) is 17.4 Å². The number of hydrogen-bond acceptors (Lipinski definition) is 7. The second-order valence-electron chi connectivity index (χ2n) is 6.30. The monoisotopic (exact) mass is 499 g/mol. The van der Waals surface area contributed by atoms with E-state index in [9.17, 15) is 14.9 Å². The summed E-state index contributed by atoms with van der Waals surface area (Å²) in [6.45, 7) is 0. The van der Waals surface area contributed by atoms with Crippen LogP contribution in [0.15, 0.2) is 73.4 Å². The van der Waals surface area contributed by atoms with Gasteiger partial charge in [-0.25, -0.2) is 4.99 Å². The summed E-state index contributed by atoms with van der Waals surface area (Å²) in [4.78, 5) is 27.6. The summed E-state index contributed by atoms with van der Waals surface area (Å²) in [5.74, 6) is 1.44. The molecule has 0 atom stereocenters. The van der Waals surface area contributed by atoms with Gasteiger partial charge in [-0.3, -0.25) is 14.9 Å². The van der Waals surface area contributed by atoms with Crippen molar-refractivity contribution in [2.45, 2.75) is 0 Å². The second-order valence-corrected chi connectivity index (χ2v) is 8.19. The van der Waals surface area contributed by atoms with Gasteiger partial charge < -0.3 is 14.5 Å². The van der Waals surface area contributed by atoms with Crippen molar-refractivity contribution in [2.24, 2.45) is 4.99 Å². The van der Waals surface area contributed by atoms with E-state index in [0.29, 0.717) is 37.3 Å². The van der Waals surface area contributed by atoms with E-state index in [1.165, 1.54) is 23.9 Å². The maximum absolute atomic E-state index is 12.3. The molecule has 0 unspecified atom stereocenters. The number of halogens is 1. The van der Waals surface area contributed by atoms with E-state index < -0.39 is 4.92 Å². The van der Waals surface area contributed by atoms with E-state index in [1.54, 1.807) is 55.7 Å². The lowest BCUT2D eigenvalue weighted by molar-refractivity contribution is -0.384. The summed E-state index contributed by atoms with van der Waals surface area (Å²) in [6, 6.07) is 15.1. The third kappa shape index (κ3) is 4.70. The van der Waals surface area contributed by atoms with Gasteiger partial charge >= 0.3 is 0 Å². The Bertz CT molecular complexity index is 1230. The van der Waals surface area contributed by atoms with Gasteiger partial charge in [0.05, 0.1) is 22.6 Å². The minimum Gasteiger partial charge on any atom is -0.497 e. The molecule has 0 spiro atoms. The summed E-state index contributed by atoms with van der Waals surface area (Å²) in [6.07, 6.45) is 1.62. The molecule has 2 aromatic carbocycles. The SMILES string of the molecule is COc1ccc(N=C2NC(=O)/C(=C/c3ccc(-c4ccc([N+](=O)[O-])cc4Br)o3)S2)cc1. The first-order chi connectivity index (χ1) is 14.9. The van der Waals surface area contributed by atoms with Gasteiger partial charge in [0.2, 0.25) is 0 Å². The molecule has 31 heavy (non-hydrogen) atoms. The fourth-order valence-electron chi connectivity index (χ4n) is 2.78. The van der Waals surface area contributed by atoms with E-state index >= 15 is 0 Å². The minimum atomic E-state index is -0.465. The van der Waals surface area contributed by atoms with Gasteiger partial charge in [-0.2, -0.15) is 0 Å². The van der Waals surface area contributed by atoms with Crippen molar-refractivity contribution in [1.29, 1.82) is 0 Å². The van der Waals surface area contributed by atoms with Crippen LogP contribution in [0.3, 0.4) is 0 Å². The average molecular weight is 500 g/mol. The van der Waals surface area contributed by atoms with Crippen molar-refractivity contribution >= 4 is 56.2 Å². The maximum Gasteiger partial charge on any atom is 0.270 e. The van der Waals surface area contributed by atoms with Crippen molar-refractivity contribution < 1.29 is 18.9 Å². The Labute approximate surface area is 189 Å². The van der Waals surface area contributed by atoms with Crippen molar-refractivity contribution in [3.8, 4) is 17.1 Å². The number of carbonyl (C=O) groups is 1. The van der Waals surface area contributed by atoms with Crippen molar-refractivity contribution in [3.63, 3.8) is 0 Å². The van der Waals surface area contributed by atoms with Gasteiger partial charge in [-0.1, -0.05) is 0 Å². The van der Waals surface area contributed by atoms with Crippen molar-refractivity contribution in [1.82, 2.24) is 5.32 Å². The molecule has 3 aromatic rings. The lowest BCUT2D eigenvalue weighted by Crippen LogP contribution is -2.19. The molecule has 1 fully saturated rings. The third-order valence-corrected chi connectivity index (χ3v) is 5.85. The summed E-state index contributed by atoms with van der Waals surface area (Å²) in [7, 11) is 1.59. The van der Waals surface area contributed by atoms with Gasteiger partial charge in [0.25, 0.3) is 11.6 Å². The Hall–Kier alpha value is -3.37. The predicted octanol–water partition coefficient (Wildman–Crippen LogP) is 5.52. The van der Waals surface area contributed by atoms with Crippen LogP contribution < -0.4 is 10.1 Å². The number of carbonyl (C=O) groups excluding carboxylic acids is 1. The normalized spacial score (nSPS) is 16.0. The number of non-ortho nitro benzene ring substituents is 1. The summed E-state index contributed by atoms with van der Waals surface area (Å²) < 4.78 is 11.5. The number of methoxy groups -OCH3 is 1. The first-order valence-corrected chi connectivity index (χ1v) is 10.5. The standard InChI is InChI=1S/C21H14BrN3O5S/c1-29-14-5-2-12(3-6-14)23-21-24-20(26)19(31-21)11-15-7-9-18(30-15)16-8-4-13(25(27)28)10-17(16)22/h2-11H,1H3,(H,23,24,26)/b19-11-. The first kappa shape index (κ1) is 20.9. The minimum absolute atomic E-state index is 0.0211. The molecule has 0 aliphatic carbocycles. The fraction of sp³-hybridized carbons (Fsp3) is 0.0476. The summed E-state index contributed by atoms with van der Waals surface area (Å²) in [5.41, 5.74) is 1.33. The number of thioether (sulfide) groups is 1. The quantitative estimate of drug-likeness (QED) is 0.281. The molecule has 1 aromatic heterocycles. The van der Waals surface area contributed by atoms with Crippen LogP contribution in [-0.2, 0) is 4.79 Å². The fourth-order valence-corrected chi connectivity index (χ4v) is 4.16. The van der Waals surface area contributed by atoms with E-state index in [0.717, 1.165) is 5.75 Å². The highest BCUT2D eigenvalue weighted by Gasteiger charge is 2.24. The van der Waals surface area contributed by atoms with E-state index in [2.05, 4.69) is 26.2 Å². The van der Waals surface area contributed by atoms with Gasteiger partial charge in [0.1, 0.15) is 17.3 Å². The van der Waals surface area contributed by atoms with E-state index in [4.69, 9.17) is 9.15 Å². The molecule has 156 valence electrons. The number of nitrogens with one attached hydrogen (secondary N) is 1. The summed E-state index contributed by atoms with van der Waals surface area (Å²) >= 11 is 4.54. The van der Waals surface area contributed by atoms with E-state index in [-0.39, 0.29) is 11.6 Å². The largest absolute Gasteiger partial charge is 0.497 e. The molecule has 10 heteroatoms. The van der Waals surface area contributed by atoms with Crippen LogP contribution >= 0.6 is 27.7 Å². The molecule has 1 amide bonds. The molecule has 1 N–H and O–H groups in total. The van der Waals surface area contributed by atoms with E-state index in [1.807, 2.05) is 0 Å². The number of rotatable bonds is 5. The van der Waals surface area contributed by atoms with Crippen LogP contribution in [0.5, 0.6) is 5.75 Å². The highest BCUT2D eigenvalue weighted by Crippen LogP contribution is 2.34. The lowest BCUT2D eigenvalue weighted by Gasteiger charge is -2.01. The van der Waals surface area contributed by atoms with Crippen molar-refractivity contribution in [3.05, 3.63) is 79.8 Å². The molecule has 8 nitrogen and oxygen atoms in total. The molecule has 0 saturated carbocycles. The number of furan rings is 1. The molecular formula is C21H14BrN3O5S. The Morgan fingerprint density at radius 1 is 1.19 bits per heavy atom. The van der Waals surface area contributed by atoms with Gasteiger partial charge in [-0.05, 0) is 70.2 Å². The number of amidine groups is 1. The smallest absolute Gasteiger partial charge is 0.270 e. The number of benzene rings is 2. The van der Waals surface area contributed by atoms with Crippen LogP contribution in [-0.4, -0.2) is 23.1 Å². The third-order valence-electron chi connectivity index (χ3n) is 4.28. The Kier molecular flexibility index (Phi) is 5.92. The average Bonchev–Trinajstić information content (AvgIpc) is 3.35. The molecule has 1 aliphatic heterocycles. The molecule has 1 aliphatic rings. The van der Waals surface area contributed by atoms with Gasteiger partial charge in [0, 0.05) is 28.2 Å².